The van der Waals surface area contributed by atoms with Crippen LogP contribution in [-0.2, 0) is 14.3 Å². The number of piperidine rings is 1. The van der Waals surface area contributed by atoms with E-state index in [2.05, 4.69) is 0 Å². The molecule has 1 heterocycles. The van der Waals surface area contributed by atoms with Gasteiger partial charge in [0.2, 0.25) is 0 Å². The van der Waals surface area contributed by atoms with E-state index in [0.717, 1.165) is 31.0 Å². The lowest BCUT2D eigenvalue weighted by Gasteiger charge is -2.41. The van der Waals surface area contributed by atoms with Crippen LogP contribution in [0.1, 0.15) is 37.7 Å². The minimum Gasteiger partial charge on any atom is -0.452 e. The summed E-state index contributed by atoms with van der Waals surface area (Å²) in [6, 6.07) is 7.92. The van der Waals surface area contributed by atoms with Crippen LogP contribution in [0.3, 0.4) is 0 Å². The van der Waals surface area contributed by atoms with Crippen LogP contribution in [0.2, 0.25) is 0 Å². The summed E-state index contributed by atoms with van der Waals surface area (Å²) in [4.78, 5) is 27.3. The van der Waals surface area contributed by atoms with Crippen LogP contribution >= 0.6 is 11.8 Å². The number of carbonyl (C=O) groups excluding carboxylic acids is 2. The molecule has 0 radical (unpaired) electrons. The van der Waals surface area contributed by atoms with Crippen LogP contribution in [0.15, 0.2) is 35.2 Å². The molecular formula is C21H27NO3S. The number of ether oxygens (including phenoxy) is 1. The van der Waals surface area contributed by atoms with Crippen LogP contribution in [0.4, 0.5) is 0 Å². The molecule has 1 aromatic carbocycles. The van der Waals surface area contributed by atoms with Gasteiger partial charge < -0.3 is 9.64 Å². The van der Waals surface area contributed by atoms with Crippen LogP contribution < -0.4 is 0 Å². The molecule has 26 heavy (non-hydrogen) atoms. The molecule has 1 aromatic rings. The van der Waals surface area contributed by atoms with E-state index < -0.39 is 5.97 Å². The van der Waals surface area contributed by atoms with Crippen LogP contribution in [-0.4, -0.2) is 42.7 Å². The lowest BCUT2D eigenvalue weighted by Crippen LogP contribution is -2.46. The molecule has 1 aliphatic heterocycles. The summed E-state index contributed by atoms with van der Waals surface area (Å²) in [5.74, 6) is 0.886. The molecule has 2 fully saturated rings. The number of esters is 1. The molecule has 0 aromatic heterocycles. The Hall–Kier alpha value is -1.75. The highest BCUT2D eigenvalue weighted by Crippen LogP contribution is 2.36. The van der Waals surface area contributed by atoms with Gasteiger partial charge in [-0.1, -0.05) is 31.4 Å². The number of carbonyl (C=O) groups is 2. The van der Waals surface area contributed by atoms with E-state index in [1.54, 1.807) is 17.8 Å². The Balaban J connectivity index is 1.43. The fourth-order valence-corrected chi connectivity index (χ4v) is 4.39. The molecule has 1 amide bonds. The number of rotatable bonds is 5. The lowest BCUT2D eigenvalue weighted by molar-refractivity contribution is -0.149. The maximum atomic E-state index is 12.3. The van der Waals surface area contributed by atoms with Crippen LogP contribution in [0, 0.1) is 11.8 Å². The Morgan fingerprint density at radius 1 is 1.15 bits per heavy atom. The third-order valence-corrected chi connectivity index (χ3v) is 6.25. The second-order valence-corrected chi connectivity index (χ2v) is 8.03. The molecule has 3 rings (SSSR count). The molecule has 2 aliphatic rings. The number of fused-ring (bicyclic) bond motifs is 1. The molecule has 0 spiro atoms. The van der Waals surface area contributed by atoms with Gasteiger partial charge in [-0.2, -0.15) is 0 Å². The van der Waals surface area contributed by atoms with Gasteiger partial charge in [0.05, 0.1) is 0 Å². The summed E-state index contributed by atoms with van der Waals surface area (Å²) in [5.41, 5.74) is 0.936. The summed E-state index contributed by atoms with van der Waals surface area (Å²) in [6.07, 6.45) is 11.4. The van der Waals surface area contributed by atoms with Gasteiger partial charge in [0.1, 0.15) is 0 Å². The minimum atomic E-state index is -0.472. The Kier molecular flexibility index (Phi) is 6.78. The number of thioether (sulfide) groups is 1. The van der Waals surface area contributed by atoms with Crippen LogP contribution in [0.5, 0.6) is 0 Å². The van der Waals surface area contributed by atoms with Crippen molar-refractivity contribution >= 4 is 29.7 Å². The van der Waals surface area contributed by atoms with Gasteiger partial charge in [-0.05, 0) is 54.7 Å². The van der Waals surface area contributed by atoms with Crippen molar-refractivity contribution < 1.29 is 14.3 Å². The molecule has 140 valence electrons. The van der Waals surface area contributed by atoms with E-state index >= 15 is 0 Å². The van der Waals surface area contributed by atoms with Gasteiger partial charge in [-0.25, -0.2) is 4.79 Å². The number of amides is 1. The Bertz CT molecular complexity index is 656. The zero-order valence-corrected chi connectivity index (χ0v) is 16.2. The fourth-order valence-electron chi connectivity index (χ4n) is 3.98. The normalized spacial score (nSPS) is 22.9. The van der Waals surface area contributed by atoms with E-state index in [4.69, 9.17) is 4.74 Å². The number of hydrogen-bond donors (Lipinski definition) is 0. The predicted molar refractivity (Wildman–Crippen MR) is 105 cm³/mol. The number of hydrogen-bond acceptors (Lipinski definition) is 4. The molecular weight excluding hydrogens is 346 g/mol. The molecule has 1 aliphatic carbocycles. The van der Waals surface area contributed by atoms with Crippen molar-refractivity contribution in [3.8, 4) is 0 Å². The third-order valence-electron chi connectivity index (χ3n) is 5.51. The minimum absolute atomic E-state index is 0.0694. The average Bonchev–Trinajstić information content (AvgIpc) is 2.70. The maximum Gasteiger partial charge on any atom is 0.331 e. The van der Waals surface area contributed by atoms with E-state index in [1.165, 1.54) is 36.7 Å². The highest BCUT2D eigenvalue weighted by Gasteiger charge is 2.32. The standard InChI is InChI=1S/C21H27NO3S/c1-26-19-9-6-16(7-10-19)8-11-21(24)25-15-20(23)22-13-12-17-4-2-3-5-18(17)14-22/h6-11,17-18H,2-5,12-15H2,1H3/b11-8+/t17-,18-/m1/s1. The lowest BCUT2D eigenvalue weighted by atomic mass is 9.75. The summed E-state index contributed by atoms with van der Waals surface area (Å²) in [6.45, 7) is 1.47. The van der Waals surface area contributed by atoms with Gasteiger partial charge >= 0.3 is 5.97 Å². The third kappa shape index (κ3) is 5.13. The Morgan fingerprint density at radius 3 is 2.62 bits per heavy atom. The zero-order chi connectivity index (χ0) is 18.4. The van der Waals surface area contributed by atoms with E-state index in [1.807, 2.05) is 35.4 Å². The summed E-state index contributed by atoms with van der Waals surface area (Å²) < 4.78 is 5.14. The van der Waals surface area contributed by atoms with Crippen LogP contribution in [0.25, 0.3) is 6.08 Å². The first kappa shape index (κ1) is 19.0. The quantitative estimate of drug-likeness (QED) is 0.445. The first-order valence-electron chi connectivity index (χ1n) is 9.42. The number of likely N-dealkylation sites (tertiary alicyclic amines) is 1. The highest BCUT2D eigenvalue weighted by atomic mass is 32.2. The van der Waals surface area contributed by atoms with Gasteiger partial charge in [-0.15, -0.1) is 11.8 Å². The Labute approximate surface area is 160 Å². The predicted octanol–water partition coefficient (Wildman–Crippen LogP) is 4.00. The van der Waals surface area contributed by atoms with Crippen molar-refractivity contribution in [3.05, 3.63) is 35.9 Å². The monoisotopic (exact) mass is 373 g/mol. The van der Waals surface area contributed by atoms with Gasteiger partial charge in [0.25, 0.3) is 5.91 Å². The molecule has 0 bridgehead atoms. The fraction of sp³-hybridized carbons (Fsp3) is 0.524. The van der Waals surface area contributed by atoms with Crippen molar-refractivity contribution in [2.45, 2.75) is 37.0 Å². The van der Waals surface area contributed by atoms with Crippen molar-refractivity contribution in [2.75, 3.05) is 26.0 Å². The molecule has 1 saturated carbocycles. The topological polar surface area (TPSA) is 46.6 Å². The summed E-state index contributed by atoms with van der Waals surface area (Å²) in [7, 11) is 0. The molecule has 5 heteroatoms. The first-order chi connectivity index (χ1) is 12.7. The highest BCUT2D eigenvalue weighted by molar-refractivity contribution is 7.98. The largest absolute Gasteiger partial charge is 0.452 e. The molecule has 1 saturated heterocycles. The van der Waals surface area contributed by atoms with Crippen molar-refractivity contribution in [3.63, 3.8) is 0 Å². The number of nitrogens with zero attached hydrogens (tertiary/aromatic N) is 1. The van der Waals surface area contributed by atoms with Gasteiger partial charge in [0, 0.05) is 24.1 Å². The van der Waals surface area contributed by atoms with Gasteiger partial charge in [0.15, 0.2) is 6.61 Å². The zero-order valence-electron chi connectivity index (χ0n) is 15.4. The second-order valence-electron chi connectivity index (χ2n) is 7.15. The maximum absolute atomic E-state index is 12.3. The molecule has 0 unspecified atom stereocenters. The Morgan fingerprint density at radius 2 is 1.88 bits per heavy atom. The molecule has 4 nitrogen and oxygen atoms in total. The summed E-state index contributed by atoms with van der Waals surface area (Å²) >= 11 is 1.68. The smallest absolute Gasteiger partial charge is 0.331 e. The van der Waals surface area contributed by atoms with Crippen molar-refractivity contribution in [1.82, 2.24) is 4.90 Å². The summed E-state index contributed by atoms with van der Waals surface area (Å²) in [5, 5.41) is 0. The molecule has 2 atom stereocenters. The van der Waals surface area contributed by atoms with Gasteiger partial charge in [-0.3, -0.25) is 4.79 Å². The van der Waals surface area contributed by atoms with Crippen molar-refractivity contribution in [1.29, 1.82) is 0 Å². The van der Waals surface area contributed by atoms with Crippen molar-refractivity contribution in [2.24, 2.45) is 11.8 Å². The molecule has 0 N–H and O–H groups in total. The second kappa shape index (κ2) is 9.26. The van der Waals surface area contributed by atoms with E-state index in [-0.39, 0.29) is 12.5 Å². The van der Waals surface area contributed by atoms with E-state index in [9.17, 15) is 9.59 Å². The first-order valence-corrected chi connectivity index (χ1v) is 10.6. The average molecular weight is 374 g/mol. The van der Waals surface area contributed by atoms with E-state index in [0.29, 0.717) is 5.92 Å². The SMILES string of the molecule is CSc1ccc(/C=C/C(=O)OCC(=O)N2CC[C@H]3CCCC[C@@H]3C2)cc1. The number of benzene rings is 1.